The minimum Gasteiger partial charge on any atom is -0.497 e. The van der Waals surface area contributed by atoms with Gasteiger partial charge in [0.2, 0.25) is 0 Å². The first kappa shape index (κ1) is 14.7. The first-order valence-corrected chi connectivity index (χ1v) is 7.04. The van der Waals surface area contributed by atoms with Crippen molar-refractivity contribution in [3.05, 3.63) is 29.8 Å². The molecule has 1 aromatic carbocycles. The summed E-state index contributed by atoms with van der Waals surface area (Å²) in [6.07, 6.45) is 1.76. The number of likely N-dealkylation sites (tertiary alicyclic amines) is 1. The minimum atomic E-state index is -0.454. The van der Waals surface area contributed by atoms with Gasteiger partial charge >= 0.3 is 6.09 Å². The lowest BCUT2D eigenvalue weighted by Crippen LogP contribution is -2.36. The average Bonchev–Trinajstić information content (AvgIpc) is 2.86. The maximum Gasteiger partial charge on any atom is 0.410 e. The summed E-state index contributed by atoms with van der Waals surface area (Å²) in [5, 5.41) is 0. The van der Waals surface area contributed by atoms with Gasteiger partial charge in [0, 0.05) is 6.54 Å². The molecule has 1 atom stereocenters. The monoisotopic (exact) mass is 277 g/mol. The molecule has 1 saturated heterocycles. The maximum absolute atomic E-state index is 12.2. The molecule has 0 spiro atoms. The molecule has 1 heterocycles. The van der Waals surface area contributed by atoms with E-state index >= 15 is 0 Å². The van der Waals surface area contributed by atoms with Gasteiger partial charge in [-0.2, -0.15) is 0 Å². The fraction of sp³-hybridized carbons (Fsp3) is 0.562. The highest BCUT2D eigenvalue weighted by Gasteiger charge is 2.32. The molecule has 1 aliphatic heterocycles. The van der Waals surface area contributed by atoms with Crippen molar-refractivity contribution in [3.63, 3.8) is 0 Å². The second-order valence-corrected chi connectivity index (χ2v) is 6.10. The highest BCUT2D eigenvalue weighted by atomic mass is 16.6. The number of rotatable bonds is 2. The van der Waals surface area contributed by atoms with Gasteiger partial charge in [0.15, 0.2) is 0 Å². The standard InChI is InChI=1S/C16H23NO3/c1-16(2,3)20-15(18)17-11-5-6-14(17)12-7-9-13(19-4)10-8-12/h7-10,14H,5-6,11H2,1-4H3/t14-/m0/s1. The van der Waals surface area contributed by atoms with Crippen LogP contribution in [-0.2, 0) is 4.74 Å². The lowest BCUT2D eigenvalue weighted by Gasteiger charge is -2.28. The lowest BCUT2D eigenvalue weighted by atomic mass is 10.0. The van der Waals surface area contributed by atoms with Crippen LogP contribution in [0.15, 0.2) is 24.3 Å². The molecule has 1 aliphatic rings. The van der Waals surface area contributed by atoms with E-state index in [-0.39, 0.29) is 12.1 Å². The van der Waals surface area contributed by atoms with Gasteiger partial charge in [-0.1, -0.05) is 12.1 Å². The Kier molecular flexibility index (Phi) is 4.21. The molecule has 110 valence electrons. The van der Waals surface area contributed by atoms with Gasteiger partial charge in [-0.3, -0.25) is 0 Å². The van der Waals surface area contributed by atoms with Crippen molar-refractivity contribution < 1.29 is 14.3 Å². The summed E-state index contributed by atoms with van der Waals surface area (Å²) in [4.78, 5) is 14.1. The SMILES string of the molecule is COc1ccc([C@@H]2CCCN2C(=O)OC(C)(C)C)cc1. The van der Waals surface area contributed by atoms with Gasteiger partial charge in [-0.05, 0) is 51.3 Å². The zero-order chi connectivity index (χ0) is 14.8. The Bertz CT molecular complexity index is 462. The largest absolute Gasteiger partial charge is 0.497 e. The molecule has 1 fully saturated rings. The van der Waals surface area contributed by atoms with Crippen molar-refractivity contribution in [2.75, 3.05) is 13.7 Å². The van der Waals surface area contributed by atoms with E-state index in [0.29, 0.717) is 0 Å². The van der Waals surface area contributed by atoms with Crippen LogP contribution < -0.4 is 4.74 Å². The Morgan fingerprint density at radius 2 is 1.90 bits per heavy atom. The van der Waals surface area contributed by atoms with Crippen molar-refractivity contribution in [1.82, 2.24) is 4.90 Å². The molecule has 4 heteroatoms. The smallest absolute Gasteiger partial charge is 0.410 e. The van der Waals surface area contributed by atoms with E-state index in [1.807, 2.05) is 49.9 Å². The van der Waals surface area contributed by atoms with Crippen LogP contribution in [0.3, 0.4) is 0 Å². The number of ether oxygens (including phenoxy) is 2. The molecule has 1 aromatic rings. The van der Waals surface area contributed by atoms with Gasteiger partial charge in [-0.15, -0.1) is 0 Å². The van der Waals surface area contributed by atoms with E-state index in [1.165, 1.54) is 0 Å². The van der Waals surface area contributed by atoms with Crippen LogP contribution >= 0.6 is 0 Å². The first-order chi connectivity index (χ1) is 9.40. The second-order valence-electron chi connectivity index (χ2n) is 6.10. The Morgan fingerprint density at radius 1 is 1.25 bits per heavy atom. The normalized spacial score (nSPS) is 19.0. The van der Waals surface area contributed by atoms with Crippen LogP contribution in [0.1, 0.15) is 45.2 Å². The van der Waals surface area contributed by atoms with E-state index in [4.69, 9.17) is 9.47 Å². The number of nitrogens with zero attached hydrogens (tertiary/aromatic N) is 1. The summed E-state index contributed by atoms with van der Waals surface area (Å²) in [6.45, 7) is 6.43. The second kappa shape index (κ2) is 5.73. The topological polar surface area (TPSA) is 38.8 Å². The highest BCUT2D eigenvalue weighted by Crippen LogP contribution is 2.33. The molecule has 1 amide bonds. The third-order valence-corrected chi connectivity index (χ3v) is 3.38. The third kappa shape index (κ3) is 3.44. The van der Waals surface area contributed by atoms with Crippen molar-refractivity contribution in [3.8, 4) is 5.75 Å². The van der Waals surface area contributed by atoms with E-state index in [2.05, 4.69) is 0 Å². The molecule has 0 unspecified atom stereocenters. The van der Waals surface area contributed by atoms with Gasteiger partial charge in [0.1, 0.15) is 11.4 Å². The fourth-order valence-electron chi connectivity index (χ4n) is 2.48. The van der Waals surface area contributed by atoms with E-state index in [0.717, 1.165) is 30.7 Å². The lowest BCUT2D eigenvalue weighted by molar-refractivity contribution is 0.0224. The van der Waals surface area contributed by atoms with Crippen molar-refractivity contribution in [1.29, 1.82) is 0 Å². The average molecular weight is 277 g/mol. The first-order valence-electron chi connectivity index (χ1n) is 7.04. The minimum absolute atomic E-state index is 0.107. The predicted molar refractivity (Wildman–Crippen MR) is 77.9 cm³/mol. The molecule has 0 radical (unpaired) electrons. The molecular formula is C16H23NO3. The Balaban J connectivity index is 2.12. The van der Waals surface area contributed by atoms with Gasteiger partial charge in [0.05, 0.1) is 13.2 Å². The van der Waals surface area contributed by atoms with Gasteiger partial charge in [0.25, 0.3) is 0 Å². The number of carbonyl (C=O) groups is 1. The van der Waals surface area contributed by atoms with E-state index in [1.54, 1.807) is 7.11 Å². The van der Waals surface area contributed by atoms with Gasteiger partial charge < -0.3 is 14.4 Å². The summed E-state index contributed by atoms with van der Waals surface area (Å²) in [7, 11) is 1.65. The predicted octanol–water partition coefficient (Wildman–Crippen LogP) is 3.77. The molecular weight excluding hydrogens is 254 g/mol. The molecule has 2 rings (SSSR count). The summed E-state index contributed by atoms with van der Waals surface area (Å²) >= 11 is 0. The quantitative estimate of drug-likeness (QED) is 0.826. The zero-order valence-corrected chi connectivity index (χ0v) is 12.7. The van der Waals surface area contributed by atoms with Crippen LogP contribution in [0.5, 0.6) is 5.75 Å². The van der Waals surface area contributed by atoms with Crippen LogP contribution in [0.25, 0.3) is 0 Å². The van der Waals surface area contributed by atoms with Gasteiger partial charge in [-0.25, -0.2) is 4.79 Å². The number of amides is 1. The molecule has 0 bridgehead atoms. The van der Waals surface area contributed by atoms with Crippen LogP contribution in [-0.4, -0.2) is 30.2 Å². The molecule has 20 heavy (non-hydrogen) atoms. The molecule has 0 N–H and O–H groups in total. The Labute approximate surface area is 120 Å². The van der Waals surface area contributed by atoms with E-state index < -0.39 is 5.60 Å². The van der Waals surface area contributed by atoms with Crippen molar-refractivity contribution in [2.24, 2.45) is 0 Å². The highest BCUT2D eigenvalue weighted by molar-refractivity contribution is 5.69. The summed E-state index contributed by atoms with van der Waals surface area (Å²) in [6, 6.07) is 8.01. The Hall–Kier alpha value is -1.71. The molecule has 0 saturated carbocycles. The number of benzene rings is 1. The Morgan fingerprint density at radius 3 is 2.45 bits per heavy atom. The summed E-state index contributed by atoms with van der Waals surface area (Å²) in [5.74, 6) is 0.829. The van der Waals surface area contributed by atoms with Crippen molar-refractivity contribution in [2.45, 2.75) is 45.3 Å². The zero-order valence-electron chi connectivity index (χ0n) is 12.7. The third-order valence-electron chi connectivity index (χ3n) is 3.38. The summed E-state index contributed by atoms with van der Waals surface area (Å²) in [5.41, 5.74) is 0.679. The number of methoxy groups -OCH3 is 1. The number of hydrogen-bond acceptors (Lipinski definition) is 3. The van der Waals surface area contributed by atoms with Crippen molar-refractivity contribution >= 4 is 6.09 Å². The molecule has 0 aliphatic carbocycles. The molecule has 4 nitrogen and oxygen atoms in total. The van der Waals surface area contributed by atoms with Crippen LogP contribution in [0.4, 0.5) is 4.79 Å². The fourth-order valence-corrected chi connectivity index (χ4v) is 2.48. The van der Waals surface area contributed by atoms with Crippen LogP contribution in [0.2, 0.25) is 0 Å². The number of hydrogen-bond donors (Lipinski definition) is 0. The molecule has 0 aromatic heterocycles. The van der Waals surface area contributed by atoms with E-state index in [9.17, 15) is 4.79 Å². The maximum atomic E-state index is 12.2. The van der Waals surface area contributed by atoms with Crippen LogP contribution in [0, 0.1) is 0 Å². The summed E-state index contributed by atoms with van der Waals surface area (Å²) < 4.78 is 10.6. The number of carbonyl (C=O) groups excluding carboxylic acids is 1.